The van der Waals surface area contributed by atoms with E-state index in [9.17, 15) is 0 Å². The number of ether oxygens (including phenoxy) is 2. The Kier molecular flexibility index (Phi) is 8.07. The number of halogens is 1. The Morgan fingerprint density at radius 1 is 0.852 bits per heavy atom. The van der Waals surface area contributed by atoms with Crippen molar-refractivity contribution in [3.63, 3.8) is 0 Å². The minimum absolute atomic E-state index is 0.694. The summed E-state index contributed by atoms with van der Waals surface area (Å²) in [4.78, 5) is 0. The molecule has 0 radical (unpaired) electrons. The normalized spacial score (nSPS) is 19.0. The molecule has 0 saturated heterocycles. The van der Waals surface area contributed by atoms with E-state index in [1.54, 1.807) is 0 Å². The van der Waals surface area contributed by atoms with Gasteiger partial charge < -0.3 is 9.47 Å². The van der Waals surface area contributed by atoms with Crippen molar-refractivity contribution < 1.29 is 42.8 Å². The summed E-state index contributed by atoms with van der Waals surface area (Å²) in [6, 6.07) is 2.34. The molecule has 0 atom stereocenters. The van der Waals surface area contributed by atoms with Crippen molar-refractivity contribution in [1.29, 1.82) is 0 Å². The van der Waals surface area contributed by atoms with Crippen LogP contribution in [0.1, 0.15) is 62.2 Å². The van der Waals surface area contributed by atoms with Crippen molar-refractivity contribution in [2.24, 2.45) is 0 Å². The van der Waals surface area contributed by atoms with Crippen molar-refractivity contribution in [3.05, 3.63) is 41.2 Å². The fourth-order valence-electron chi connectivity index (χ4n) is 3.25. The third-order valence-corrected chi connectivity index (χ3v) is 4.29. The van der Waals surface area contributed by atoms with E-state index in [1.807, 2.05) is 26.4 Å². The van der Waals surface area contributed by atoms with Gasteiger partial charge in [0.25, 0.3) is 0 Å². The van der Waals surface area contributed by atoms with Gasteiger partial charge in [-0.2, -0.15) is 0 Å². The number of rotatable bonds is 4. The topological polar surface area (TPSA) is 122 Å². The molecule has 0 N–H and O–H groups in total. The minimum atomic E-state index is -4.94. The van der Waals surface area contributed by atoms with E-state index in [-0.39, 0.29) is 0 Å². The molecule has 0 spiro atoms. The Bertz CT molecular complexity index is 637. The van der Waals surface area contributed by atoms with Crippen LogP contribution >= 0.6 is 0 Å². The predicted molar refractivity (Wildman–Crippen MR) is 88.2 cm³/mol. The highest BCUT2D eigenvalue weighted by atomic mass is 35.7. The predicted octanol–water partition coefficient (Wildman–Crippen LogP) is 0.232. The van der Waals surface area contributed by atoms with Gasteiger partial charge in [-0.15, -0.1) is 10.2 Å². The SMILES string of the molecule is CCO/C=C1/CCCc2cc3c([o+]c21)/C(=C/OCC)CCC3.[O-][Cl+3]([O-])([O-])[O-]. The zero-order valence-electron chi connectivity index (χ0n) is 15.6. The maximum absolute atomic E-state index is 8.49. The molecule has 7 nitrogen and oxygen atoms in total. The van der Waals surface area contributed by atoms with Gasteiger partial charge in [-0.05, 0) is 58.4 Å². The molecule has 1 aromatic heterocycles. The van der Waals surface area contributed by atoms with Gasteiger partial charge in [0.15, 0.2) is 0 Å². The summed E-state index contributed by atoms with van der Waals surface area (Å²) in [7, 11) is -4.94. The van der Waals surface area contributed by atoms with E-state index in [0.29, 0.717) is 13.2 Å². The quantitative estimate of drug-likeness (QED) is 0.523. The molecule has 0 amide bonds. The van der Waals surface area contributed by atoms with E-state index in [2.05, 4.69) is 6.07 Å². The lowest BCUT2D eigenvalue weighted by molar-refractivity contribution is -2.00. The number of hydrogen-bond donors (Lipinski definition) is 0. The van der Waals surface area contributed by atoms with Crippen LogP contribution in [0.5, 0.6) is 0 Å². The molecule has 0 aromatic carbocycles. The molecule has 0 saturated carbocycles. The molecule has 1 heterocycles. The smallest absolute Gasteiger partial charge is 0.363 e. The minimum Gasteiger partial charge on any atom is -0.501 e. The second-order valence-corrected chi connectivity index (χ2v) is 6.99. The molecule has 2 aliphatic carbocycles. The van der Waals surface area contributed by atoms with Crippen LogP contribution < -0.4 is 18.6 Å². The highest BCUT2D eigenvalue weighted by molar-refractivity contribution is 5.70. The Morgan fingerprint density at radius 3 is 1.63 bits per heavy atom. The summed E-state index contributed by atoms with van der Waals surface area (Å²) in [5, 5.41) is 0. The Morgan fingerprint density at radius 2 is 1.26 bits per heavy atom. The number of aryl methyl sites for hydroxylation is 2. The first-order valence-electron chi connectivity index (χ1n) is 9.06. The van der Waals surface area contributed by atoms with Crippen molar-refractivity contribution in [2.75, 3.05) is 13.2 Å². The maximum atomic E-state index is 8.49. The largest absolute Gasteiger partial charge is 0.501 e. The summed E-state index contributed by atoms with van der Waals surface area (Å²) in [5.41, 5.74) is 5.03. The van der Waals surface area contributed by atoms with Crippen LogP contribution in [0.3, 0.4) is 0 Å². The molecular weight excluding hydrogens is 376 g/mol. The van der Waals surface area contributed by atoms with Crippen molar-refractivity contribution in [1.82, 2.24) is 0 Å². The first kappa shape index (κ1) is 21.7. The van der Waals surface area contributed by atoms with E-state index >= 15 is 0 Å². The molecule has 0 unspecified atom stereocenters. The first-order valence-corrected chi connectivity index (χ1v) is 10.3. The standard InChI is InChI=1S/C19H25O3.ClHO4/c1-3-20-12-16-9-5-7-14-11-15-8-6-10-17(13-21-4-2)19(15)22-18(14)16;2-1(3,4)5/h11-13H,3-10H2,1-2H3;(H,2,3,4,5)/q+1;/p-1/b16-12-,17-13+;. The Balaban J connectivity index is 0.000000465. The molecule has 0 aliphatic heterocycles. The fraction of sp³-hybridized carbons (Fsp3) is 0.526. The van der Waals surface area contributed by atoms with E-state index < -0.39 is 10.2 Å². The Labute approximate surface area is 161 Å². The van der Waals surface area contributed by atoms with Crippen molar-refractivity contribution >= 4 is 11.1 Å². The monoisotopic (exact) mass is 400 g/mol. The van der Waals surface area contributed by atoms with Gasteiger partial charge in [-0.25, -0.2) is 23.1 Å². The molecular formula is C19H25ClO7. The molecule has 3 rings (SSSR count). The zero-order chi connectivity index (χ0) is 19.9. The van der Waals surface area contributed by atoms with Crippen LogP contribution in [0.15, 0.2) is 23.0 Å². The van der Waals surface area contributed by atoms with Crippen LogP contribution in [0, 0.1) is 10.2 Å². The molecule has 2 aliphatic rings. The molecule has 27 heavy (non-hydrogen) atoms. The van der Waals surface area contributed by atoms with E-state index in [0.717, 1.165) is 37.2 Å². The van der Waals surface area contributed by atoms with E-state index in [1.165, 1.54) is 35.1 Å². The fourth-order valence-corrected chi connectivity index (χ4v) is 3.25. The highest BCUT2D eigenvalue weighted by Crippen LogP contribution is 2.38. The van der Waals surface area contributed by atoms with Gasteiger partial charge in [0.1, 0.15) is 0 Å². The summed E-state index contributed by atoms with van der Waals surface area (Å²) < 4.78 is 51.3. The third kappa shape index (κ3) is 6.79. The van der Waals surface area contributed by atoms with Gasteiger partial charge in [-0.1, -0.05) is 0 Å². The summed E-state index contributed by atoms with van der Waals surface area (Å²) in [6.45, 7) is 5.40. The van der Waals surface area contributed by atoms with E-state index in [4.69, 9.17) is 32.5 Å². The van der Waals surface area contributed by atoms with Gasteiger partial charge in [0.05, 0.1) is 48.0 Å². The molecule has 8 heteroatoms. The van der Waals surface area contributed by atoms with Crippen molar-refractivity contribution in [3.8, 4) is 0 Å². The second-order valence-electron chi connectivity index (χ2n) is 6.24. The summed E-state index contributed by atoms with van der Waals surface area (Å²) in [5.74, 6) is 2.03. The Hall–Kier alpha value is -1.64. The first-order chi connectivity index (χ1) is 12.8. The maximum Gasteiger partial charge on any atom is 0.363 e. The summed E-state index contributed by atoms with van der Waals surface area (Å²) >= 11 is 0. The van der Waals surface area contributed by atoms with Crippen LogP contribution in [0.2, 0.25) is 0 Å². The third-order valence-electron chi connectivity index (χ3n) is 4.29. The van der Waals surface area contributed by atoms with Crippen LogP contribution in [-0.4, -0.2) is 13.2 Å². The summed E-state index contributed by atoms with van der Waals surface area (Å²) in [6.07, 6.45) is 10.3. The van der Waals surface area contributed by atoms with Gasteiger partial charge in [0.2, 0.25) is 0 Å². The molecule has 150 valence electrons. The lowest BCUT2D eigenvalue weighted by atomic mass is 9.87. The molecule has 1 aromatic rings. The van der Waals surface area contributed by atoms with Gasteiger partial charge in [-0.3, -0.25) is 0 Å². The average molecular weight is 401 g/mol. The number of hydrogen-bond acceptors (Lipinski definition) is 6. The molecule has 0 fully saturated rings. The zero-order valence-corrected chi connectivity index (χ0v) is 16.4. The van der Waals surface area contributed by atoms with Crippen LogP contribution in [0.4, 0.5) is 0 Å². The molecule has 0 bridgehead atoms. The average Bonchev–Trinajstić information content (AvgIpc) is 2.61. The lowest BCUT2D eigenvalue weighted by Gasteiger charge is -2.17. The van der Waals surface area contributed by atoms with Crippen LogP contribution in [0.25, 0.3) is 11.1 Å². The second kappa shape index (κ2) is 10.1. The highest BCUT2D eigenvalue weighted by Gasteiger charge is 2.33. The van der Waals surface area contributed by atoms with Gasteiger partial charge in [0, 0.05) is 0 Å². The van der Waals surface area contributed by atoms with Crippen molar-refractivity contribution in [2.45, 2.75) is 52.4 Å². The van der Waals surface area contributed by atoms with Gasteiger partial charge >= 0.3 is 11.5 Å². The lowest BCUT2D eigenvalue weighted by Crippen LogP contribution is -2.68. The number of fused-ring (bicyclic) bond motifs is 2. The van der Waals surface area contributed by atoms with Crippen LogP contribution in [-0.2, 0) is 22.3 Å². The number of allylic oxidation sites excluding steroid dienone is 2.